The highest BCUT2D eigenvalue weighted by Crippen LogP contribution is 2.35. The molecule has 296 valence electrons. The number of hydrogen-bond acceptors (Lipinski definition) is 13. The molecule has 21 heteroatoms. The lowest BCUT2D eigenvalue weighted by molar-refractivity contribution is -0.138. The molecule has 0 amide bonds. The maximum Gasteiger partial charge on any atom is 0.416 e. The average molecular weight is 807 g/mol. The molecule has 0 atom stereocenters. The topological polar surface area (TPSA) is 192 Å². The molecule has 0 unspecified atom stereocenters. The van der Waals surface area contributed by atoms with E-state index in [1.54, 1.807) is 48.5 Å². The first kappa shape index (κ1) is 41.0. The van der Waals surface area contributed by atoms with Crippen molar-refractivity contribution >= 4 is 44.8 Å². The molecule has 4 aromatic carbocycles. The fourth-order valence-electron chi connectivity index (χ4n) is 4.84. The van der Waals surface area contributed by atoms with E-state index in [4.69, 9.17) is 19.0 Å². The van der Waals surface area contributed by atoms with Gasteiger partial charge in [0.25, 0.3) is 11.8 Å². The van der Waals surface area contributed by atoms with Crippen molar-refractivity contribution in [1.82, 2.24) is 20.4 Å². The number of aliphatic hydroxyl groups excluding tert-OH is 2. The molecule has 0 aliphatic rings. The van der Waals surface area contributed by atoms with Gasteiger partial charge in [-0.1, -0.05) is 34.5 Å². The monoisotopic (exact) mass is 806 g/mol. The van der Waals surface area contributed by atoms with Gasteiger partial charge in [-0.15, -0.1) is 10.2 Å². The van der Waals surface area contributed by atoms with Gasteiger partial charge in [0, 0.05) is 17.9 Å². The summed E-state index contributed by atoms with van der Waals surface area (Å²) >= 11 is 0. The molecular weight excluding hydrogens is 774 g/mol. The summed E-state index contributed by atoms with van der Waals surface area (Å²) in [4.78, 5) is 0. The minimum absolute atomic E-state index is 0.00778. The standard InChI is InChI=1S/C18H17F3N4O4S.C17H15F3N4O2/c1-30(27,28)25(10-11-26)17-24-23-16(29-17)14-4-2-3-5-15(14)22-13-8-6-12(7-9-13)18(19,20)21;18-17(19,20)11-5-7-12(8-6-11)22-14-4-2-1-3-13(14)15-23-24-16(26-15)21-9-10-25/h2-9,22,26H,10-11H2,1H3;1-8,22,25H,9-10H2,(H,21,24). The molecule has 6 aromatic rings. The van der Waals surface area contributed by atoms with Crippen LogP contribution in [0.25, 0.3) is 22.9 Å². The Balaban J connectivity index is 0.000000216. The van der Waals surface area contributed by atoms with Crippen LogP contribution in [0.4, 0.5) is 61.1 Å². The van der Waals surface area contributed by atoms with E-state index >= 15 is 0 Å². The van der Waals surface area contributed by atoms with Crippen LogP contribution >= 0.6 is 0 Å². The summed E-state index contributed by atoms with van der Waals surface area (Å²) in [5, 5.41) is 42.0. The minimum atomic E-state index is -4.43. The van der Waals surface area contributed by atoms with Crippen molar-refractivity contribution in [3.63, 3.8) is 0 Å². The Morgan fingerprint density at radius 1 is 0.643 bits per heavy atom. The first-order valence-electron chi connectivity index (χ1n) is 16.2. The predicted molar refractivity (Wildman–Crippen MR) is 194 cm³/mol. The fourth-order valence-corrected chi connectivity index (χ4v) is 5.61. The van der Waals surface area contributed by atoms with Gasteiger partial charge in [0.1, 0.15) is 0 Å². The molecule has 0 radical (unpaired) electrons. The Hall–Kier alpha value is -6.19. The molecular formula is C35H32F6N8O6S. The number of hydrogen-bond donors (Lipinski definition) is 5. The number of sulfonamides is 1. The highest BCUT2D eigenvalue weighted by atomic mass is 32.2. The number of rotatable bonds is 13. The van der Waals surface area contributed by atoms with Crippen LogP contribution in [0.1, 0.15) is 11.1 Å². The smallest absolute Gasteiger partial charge is 0.403 e. The fraction of sp³-hybridized carbons (Fsp3) is 0.200. The van der Waals surface area contributed by atoms with Crippen LogP contribution < -0.4 is 20.3 Å². The average Bonchev–Trinajstić information content (AvgIpc) is 3.84. The summed E-state index contributed by atoms with van der Waals surface area (Å²) in [5.41, 5.74) is 1.47. The van der Waals surface area contributed by atoms with Crippen LogP contribution in [-0.4, -0.2) is 71.6 Å². The van der Waals surface area contributed by atoms with E-state index in [9.17, 15) is 34.8 Å². The van der Waals surface area contributed by atoms with E-state index in [2.05, 4.69) is 36.3 Å². The lowest BCUT2D eigenvalue weighted by atomic mass is 10.1. The number of alkyl halides is 6. The number of nitrogens with zero attached hydrogens (tertiary/aromatic N) is 5. The molecule has 14 nitrogen and oxygen atoms in total. The highest BCUT2D eigenvalue weighted by molar-refractivity contribution is 7.92. The van der Waals surface area contributed by atoms with Gasteiger partial charge in [0.15, 0.2) is 0 Å². The second kappa shape index (κ2) is 17.5. The highest BCUT2D eigenvalue weighted by Gasteiger charge is 2.31. The van der Waals surface area contributed by atoms with Crippen molar-refractivity contribution in [3.05, 3.63) is 108 Å². The van der Waals surface area contributed by atoms with E-state index in [1.165, 1.54) is 24.3 Å². The van der Waals surface area contributed by atoms with Crippen molar-refractivity contribution in [2.45, 2.75) is 12.4 Å². The molecule has 0 saturated carbocycles. The van der Waals surface area contributed by atoms with E-state index < -0.39 is 40.1 Å². The van der Waals surface area contributed by atoms with Gasteiger partial charge in [-0.25, -0.2) is 12.7 Å². The van der Waals surface area contributed by atoms with Gasteiger partial charge >= 0.3 is 24.4 Å². The lowest BCUT2D eigenvalue weighted by Crippen LogP contribution is -2.32. The third kappa shape index (κ3) is 10.7. The van der Waals surface area contributed by atoms with Gasteiger partial charge in [-0.3, -0.25) is 0 Å². The Morgan fingerprint density at radius 2 is 1.11 bits per heavy atom. The van der Waals surface area contributed by atoms with Crippen molar-refractivity contribution in [1.29, 1.82) is 0 Å². The maximum atomic E-state index is 12.7. The lowest BCUT2D eigenvalue weighted by Gasteiger charge is -2.15. The molecule has 2 aromatic heterocycles. The van der Waals surface area contributed by atoms with Crippen LogP contribution in [-0.2, 0) is 22.4 Å². The van der Waals surface area contributed by atoms with E-state index in [1.807, 2.05) is 0 Å². The Kier molecular flexibility index (Phi) is 12.8. The summed E-state index contributed by atoms with van der Waals surface area (Å²) < 4.78 is 112. The summed E-state index contributed by atoms with van der Waals surface area (Å²) in [7, 11) is -3.75. The number of aliphatic hydroxyl groups is 2. The Morgan fingerprint density at radius 3 is 1.55 bits per heavy atom. The summed E-state index contributed by atoms with van der Waals surface area (Å²) in [6.07, 6.45) is -7.87. The van der Waals surface area contributed by atoms with Gasteiger partial charge < -0.3 is 35.0 Å². The zero-order valence-electron chi connectivity index (χ0n) is 29.0. The number of para-hydroxylation sites is 2. The van der Waals surface area contributed by atoms with Gasteiger partial charge in [-0.05, 0) is 72.8 Å². The van der Waals surface area contributed by atoms with Crippen LogP contribution in [0.3, 0.4) is 0 Å². The summed E-state index contributed by atoms with van der Waals surface area (Å²) in [5.74, 6) is 0.229. The zero-order valence-corrected chi connectivity index (χ0v) is 29.8. The van der Waals surface area contributed by atoms with Crippen LogP contribution in [0.5, 0.6) is 0 Å². The molecule has 0 aliphatic carbocycles. The molecule has 0 bridgehead atoms. The first-order chi connectivity index (χ1) is 26.6. The number of halogens is 6. The van der Waals surface area contributed by atoms with E-state index in [-0.39, 0.29) is 43.5 Å². The maximum absolute atomic E-state index is 12.7. The molecule has 2 heterocycles. The zero-order chi connectivity index (χ0) is 40.5. The quantitative estimate of drug-likeness (QED) is 0.0740. The molecule has 0 aliphatic heterocycles. The minimum Gasteiger partial charge on any atom is -0.403 e. The molecule has 0 fully saturated rings. The molecule has 5 N–H and O–H groups in total. The van der Waals surface area contributed by atoms with Crippen molar-refractivity contribution in [2.24, 2.45) is 0 Å². The molecule has 0 saturated heterocycles. The summed E-state index contributed by atoms with van der Waals surface area (Å²) in [6, 6.07) is 22.7. The summed E-state index contributed by atoms with van der Waals surface area (Å²) in [6.45, 7) is -0.514. The molecule has 6 rings (SSSR count). The van der Waals surface area contributed by atoms with Gasteiger partial charge in [0.2, 0.25) is 10.0 Å². The third-order valence-electron chi connectivity index (χ3n) is 7.44. The predicted octanol–water partition coefficient (Wildman–Crippen LogP) is 7.16. The van der Waals surface area contributed by atoms with Crippen molar-refractivity contribution in [3.8, 4) is 22.9 Å². The van der Waals surface area contributed by atoms with Crippen molar-refractivity contribution < 1.29 is 53.8 Å². The second-order valence-corrected chi connectivity index (χ2v) is 13.4. The van der Waals surface area contributed by atoms with Crippen LogP contribution in [0, 0.1) is 0 Å². The first-order valence-corrected chi connectivity index (χ1v) is 18.1. The number of benzene rings is 4. The Bertz CT molecular complexity index is 2300. The van der Waals surface area contributed by atoms with E-state index in [0.29, 0.717) is 33.9 Å². The second-order valence-electron chi connectivity index (χ2n) is 11.5. The normalized spacial score (nSPS) is 11.7. The van der Waals surface area contributed by atoms with Gasteiger partial charge in [0.05, 0.1) is 59.6 Å². The molecule has 56 heavy (non-hydrogen) atoms. The SMILES string of the molecule is CS(=O)(=O)N(CCO)c1nnc(-c2ccccc2Nc2ccc(C(F)(F)F)cc2)o1.OCCNc1nnc(-c2ccccc2Nc2ccc(C(F)(F)F)cc2)o1. The number of nitrogens with one attached hydrogen (secondary N) is 3. The van der Waals surface area contributed by atoms with Crippen LogP contribution in [0.2, 0.25) is 0 Å². The number of anilines is 6. The largest absolute Gasteiger partial charge is 0.416 e. The Labute approximate surface area is 314 Å². The molecule has 0 spiro atoms. The van der Waals surface area contributed by atoms with Gasteiger partial charge in [-0.2, -0.15) is 26.3 Å². The third-order valence-corrected chi connectivity index (χ3v) is 8.58. The van der Waals surface area contributed by atoms with Crippen molar-refractivity contribution in [2.75, 3.05) is 52.8 Å². The number of aromatic nitrogens is 4. The van der Waals surface area contributed by atoms with E-state index in [0.717, 1.165) is 34.8 Å². The van der Waals surface area contributed by atoms with Crippen LogP contribution in [0.15, 0.2) is 106 Å².